The lowest BCUT2D eigenvalue weighted by Crippen LogP contribution is -2.50. The normalized spacial score (nSPS) is 16.2. The van der Waals surface area contributed by atoms with Crippen molar-refractivity contribution in [3.8, 4) is 0 Å². The summed E-state index contributed by atoms with van der Waals surface area (Å²) < 4.78 is 13.2. The van der Waals surface area contributed by atoms with Crippen LogP contribution in [0.1, 0.15) is 43.9 Å². The first-order chi connectivity index (χ1) is 13.7. The van der Waals surface area contributed by atoms with Crippen molar-refractivity contribution >= 4 is 11.7 Å². The first kappa shape index (κ1) is 20.8. The van der Waals surface area contributed by atoms with Gasteiger partial charge < -0.3 is 15.1 Å². The van der Waals surface area contributed by atoms with Crippen molar-refractivity contribution in [1.29, 1.82) is 0 Å². The van der Waals surface area contributed by atoms with E-state index in [2.05, 4.69) is 10.5 Å². The van der Waals surface area contributed by atoms with E-state index in [0.717, 1.165) is 16.8 Å². The number of halogens is 1. The van der Waals surface area contributed by atoms with Gasteiger partial charge in [-0.1, -0.05) is 47.1 Å². The Bertz CT molecular complexity index is 870. The molecule has 6 heteroatoms. The number of urea groups is 1. The van der Waals surface area contributed by atoms with Gasteiger partial charge in [-0.2, -0.15) is 0 Å². The summed E-state index contributed by atoms with van der Waals surface area (Å²) >= 11 is 0. The third-order valence-electron chi connectivity index (χ3n) is 4.60. The van der Waals surface area contributed by atoms with Crippen LogP contribution in [0.25, 0.3) is 0 Å². The Morgan fingerprint density at radius 2 is 1.83 bits per heavy atom. The summed E-state index contributed by atoms with van der Waals surface area (Å²) in [6.07, 6.45) is 0.406. The predicted molar refractivity (Wildman–Crippen MR) is 112 cm³/mol. The number of hydrogen-bond acceptors (Lipinski definition) is 3. The van der Waals surface area contributed by atoms with Crippen LogP contribution >= 0.6 is 0 Å². The molecule has 2 amide bonds. The van der Waals surface area contributed by atoms with Gasteiger partial charge in [0.25, 0.3) is 0 Å². The fourth-order valence-corrected chi connectivity index (χ4v) is 3.12. The van der Waals surface area contributed by atoms with Crippen molar-refractivity contribution in [2.24, 2.45) is 5.16 Å². The molecular weight excluding hydrogens is 369 g/mol. The van der Waals surface area contributed by atoms with Gasteiger partial charge in [0, 0.05) is 18.5 Å². The largest absolute Gasteiger partial charge is 0.390 e. The van der Waals surface area contributed by atoms with Crippen LogP contribution in [0.4, 0.5) is 9.18 Å². The molecule has 2 aromatic carbocycles. The molecular formula is C23H28FN3O2. The van der Waals surface area contributed by atoms with E-state index in [-0.39, 0.29) is 23.5 Å². The summed E-state index contributed by atoms with van der Waals surface area (Å²) in [4.78, 5) is 20.2. The Labute approximate surface area is 171 Å². The molecule has 1 atom stereocenters. The Morgan fingerprint density at radius 3 is 2.45 bits per heavy atom. The highest BCUT2D eigenvalue weighted by atomic mass is 19.1. The van der Waals surface area contributed by atoms with Crippen molar-refractivity contribution in [3.63, 3.8) is 0 Å². The summed E-state index contributed by atoms with van der Waals surface area (Å²) in [5.41, 5.74) is 3.59. The van der Waals surface area contributed by atoms with Gasteiger partial charge in [0.05, 0.1) is 12.3 Å². The third-order valence-corrected chi connectivity index (χ3v) is 4.60. The monoisotopic (exact) mass is 397 g/mol. The van der Waals surface area contributed by atoms with Gasteiger partial charge in [-0.05, 0) is 51.0 Å². The number of carbonyl (C=O) groups is 1. The van der Waals surface area contributed by atoms with Gasteiger partial charge in [0.2, 0.25) is 0 Å². The zero-order valence-corrected chi connectivity index (χ0v) is 17.4. The second-order valence-corrected chi connectivity index (χ2v) is 8.52. The molecule has 3 rings (SSSR count). The lowest BCUT2D eigenvalue weighted by atomic mass is 10.0. The van der Waals surface area contributed by atoms with Crippen LogP contribution in [-0.4, -0.2) is 34.8 Å². The molecule has 2 aromatic rings. The highest BCUT2D eigenvalue weighted by molar-refractivity contribution is 6.01. The molecule has 1 aliphatic heterocycles. The molecule has 29 heavy (non-hydrogen) atoms. The van der Waals surface area contributed by atoms with Gasteiger partial charge in [0.15, 0.2) is 6.10 Å². The van der Waals surface area contributed by atoms with E-state index in [9.17, 15) is 9.18 Å². The molecule has 0 fully saturated rings. The minimum Gasteiger partial charge on any atom is -0.390 e. The second-order valence-electron chi connectivity index (χ2n) is 8.52. The summed E-state index contributed by atoms with van der Waals surface area (Å²) in [5, 5.41) is 7.23. The van der Waals surface area contributed by atoms with Gasteiger partial charge in [-0.3, -0.25) is 0 Å². The van der Waals surface area contributed by atoms with Gasteiger partial charge in [-0.25, -0.2) is 9.18 Å². The number of benzene rings is 2. The molecule has 0 saturated carbocycles. The maximum atomic E-state index is 13.2. The van der Waals surface area contributed by atoms with Gasteiger partial charge in [-0.15, -0.1) is 0 Å². The Morgan fingerprint density at radius 1 is 1.17 bits per heavy atom. The van der Waals surface area contributed by atoms with E-state index in [4.69, 9.17) is 4.84 Å². The van der Waals surface area contributed by atoms with Gasteiger partial charge >= 0.3 is 6.03 Å². The van der Waals surface area contributed by atoms with Crippen LogP contribution in [0.2, 0.25) is 0 Å². The van der Waals surface area contributed by atoms with E-state index in [0.29, 0.717) is 19.5 Å². The lowest BCUT2D eigenvalue weighted by molar-refractivity contribution is 0.0580. The van der Waals surface area contributed by atoms with E-state index >= 15 is 0 Å². The molecule has 0 spiro atoms. The van der Waals surface area contributed by atoms with Crippen molar-refractivity contribution in [2.75, 3.05) is 6.54 Å². The summed E-state index contributed by atoms with van der Waals surface area (Å²) in [6.45, 7) is 8.60. The minimum absolute atomic E-state index is 0.186. The smallest absolute Gasteiger partial charge is 0.318 e. The number of oxime groups is 1. The molecule has 0 aliphatic carbocycles. The average molecular weight is 397 g/mol. The zero-order chi connectivity index (χ0) is 21.0. The SMILES string of the molecule is Cc1ccc(C2=NOC(CN(Cc3ccc(F)cc3)C(=O)NC(C)(C)C)C2)cc1. The fourth-order valence-electron chi connectivity index (χ4n) is 3.12. The number of amides is 2. The van der Waals surface area contributed by atoms with Gasteiger partial charge in [0.1, 0.15) is 5.82 Å². The fraction of sp³-hybridized carbons (Fsp3) is 0.391. The topological polar surface area (TPSA) is 53.9 Å². The summed E-state index contributed by atoms with van der Waals surface area (Å²) in [5.74, 6) is -0.297. The van der Waals surface area contributed by atoms with E-state index in [1.807, 2.05) is 52.0 Å². The van der Waals surface area contributed by atoms with Crippen molar-refractivity contribution in [1.82, 2.24) is 10.2 Å². The maximum absolute atomic E-state index is 13.2. The first-order valence-electron chi connectivity index (χ1n) is 9.81. The predicted octanol–water partition coefficient (Wildman–Crippen LogP) is 4.64. The minimum atomic E-state index is -0.363. The Hall–Kier alpha value is -2.89. The van der Waals surface area contributed by atoms with Crippen LogP contribution in [0.5, 0.6) is 0 Å². The Kier molecular flexibility index (Phi) is 6.20. The number of hydrogen-bond donors (Lipinski definition) is 1. The lowest BCUT2D eigenvalue weighted by Gasteiger charge is -2.29. The molecule has 1 aliphatic rings. The average Bonchev–Trinajstić information content (AvgIpc) is 3.11. The van der Waals surface area contributed by atoms with Crippen LogP contribution in [0.3, 0.4) is 0 Å². The molecule has 1 heterocycles. The van der Waals surface area contributed by atoms with Crippen LogP contribution in [0, 0.1) is 12.7 Å². The maximum Gasteiger partial charge on any atom is 0.318 e. The number of nitrogens with one attached hydrogen (secondary N) is 1. The molecule has 5 nitrogen and oxygen atoms in total. The first-order valence-corrected chi connectivity index (χ1v) is 9.81. The molecule has 0 radical (unpaired) electrons. The quantitative estimate of drug-likeness (QED) is 0.799. The van der Waals surface area contributed by atoms with Crippen LogP contribution < -0.4 is 5.32 Å². The van der Waals surface area contributed by atoms with Crippen LogP contribution in [0.15, 0.2) is 53.7 Å². The summed E-state index contributed by atoms with van der Waals surface area (Å²) in [6, 6.07) is 14.2. The van der Waals surface area contributed by atoms with E-state index in [1.54, 1.807) is 17.0 Å². The standard InChI is InChI=1S/C23H28FN3O2/c1-16-5-9-18(10-6-16)21-13-20(29-26-21)15-27(22(28)25-23(2,3)4)14-17-7-11-19(24)12-8-17/h5-12,20H,13-15H2,1-4H3,(H,25,28). The van der Waals surface area contributed by atoms with Crippen molar-refractivity contribution in [2.45, 2.75) is 52.3 Å². The van der Waals surface area contributed by atoms with Crippen molar-refractivity contribution in [3.05, 3.63) is 71.0 Å². The molecule has 0 aromatic heterocycles. The van der Waals surface area contributed by atoms with E-state index < -0.39 is 0 Å². The Balaban J connectivity index is 1.68. The molecule has 1 unspecified atom stereocenters. The number of nitrogens with zero attached hydrogens (tertiary/aromatic N) is 2. The molecule has 0 saturated heterocycles. The van der Waals surface area contributed by atoms with E-state index in [1.165, 1.54) is 17.7 Å². The number of rotatable bonds is 5. The zero-order valence-electron chi connectivity index (χ0n) is 17.4. The molecule has 1 N–H and O–H groups in total. The summed E-state index contributed by atoms with van der Waals surface area (Å²) in [7, 11) is 0. The highest BCUT2D eigenvalue weighted by Crippen LogP contribution is 2.19. The van der Waals surface area contributed by atoms with Crippen LogP contribution in [-0.2, 0) is 11.4 Å². The van der Waals surface area contributed by atoms with Crippen molar-refractivity contribution < 1.29 is 14.0 Å². The number of aryl methyl sites for hydroxylation is 1. The number of carbonyl (C=O) groups excluding carboxylic acids is 1. The third kappa shape index (κ3) is 6.04. The second kappa shape index (κ2) is 8.64. The highest BCUT2D eigenvalue weighted by Gasteiger charge is 2.28. The molecule has 154 valence electrons. The molecule has 0 bridgehead atoms.